The van der Waals surface area contributed by atoms with Crippen LogP contribution in [0.3, 0.4) is 0 Å². The topological polar surface area (TPSA) is 99.5 Å². The van der Waals surface area contributed by atoms with Crippen LogP contribution in [0, 0.1) is 26.7 Å². The summed E-state index contributed by atoms with van der Waals surface area (Å²) in [5, 5.41) is 16.9. The number of amides is 1. The number of benzene rings is 2. The molecule has 42 heavy (non-hydrogen) atoms. The lowest BCUT2D eigenvalue weighted by molar-refractivity contribution is -0.118. The number of hydrogen-bond acceptors (Lipinski definition) is 4. The number of aromatic nitrogens is 2. The third-order valence-corrected chi connectivity index (χ3v) is 8.22. The fourth-order valence-electron chi connectivity index (χ4n) is 5.42. The molecule has 5 rings (SSSR count). The van der Waals surface area contributed by atoms with Gasteiger partial charge in [-0.25, -0.2) is 4.79 Å². The second-order valence-electron chi connectivity index (χ2n) is 10.8. The fraction of sp³-hybridized carbons (Fsp3) is 0.250. The van der Waals surface area contributed by atoms with Crippen LogP contribution in [0.25, 0.3) is 5.69 Å². The molecule has 3 heterocycles. The summed E-state index contributed by atoms with van der Waals surface area (Å²) < 4.78 is 2.09. The van der Waals surface area contributed by atoms with E-state index in [1.54, 1.807) is 30.5 Å². The van der Waals surface area contributed by atoms with Crippen LogP contribution in [0.4, 0.5) is 11.4 Å². The highest BCUT2D eigenvalue weighted by Crippen LogP contribution is 2.45. The number of carbonyl (C=O) groups is 2. The lowest BCUT2D eigenvalue weighted by atomic mass is 9.96. The van der Waals surface area contributed by atoms with Crippen molar-refractivity contribution in [3.05, 3.63) is 106 Å². The summed E-state index contributed by atoms with van der Waals surface area (Å²) >= 11 is 12.6. The molecule has 1 aliphatic rings. The van der Waals surface area contributed by atoms with Crippen LogP contribution >= 0.6 is 23.8 Å². The van der Waals surface area contributed by atoms with Crippen molar-refractivity contribution < 1.29 is 14.7 Å². The van der Waals surface area contributed by atoms with Crippen LogP contribution in [0.5, 0.6) is 0 Å². The van der Waals surface area contributed by atoms with Gasteiger partial charge in [0.2, 0.25) is 5.91 Å². The van der Waals surface area contributed by atoms with Crippen molar-refractivity contribution in [1.82, 2.24) is 14.9 Å². The van der Waals surface area contributed by atoms with Crippen LogP contribution in [0.1, 0.15) is 64.5 Å². The van der Waals surface area contributed by atoms with Crippen LogP contribution in [0.15, 0.2) is 66.9 Å². The van der Waals surface area contributed by atoms with Crippen molar-refractivity contribution >= 4 is 52.2 Å². The molecule has 1 aliphatic heterocycles. The minimum absolute atomic E-state index is 0.120. The van der Waals surface area contributed by atoms with Crippen molar-refractivity contribution in [3.63, 3.8) is 0 Å². The molecule has 0 bridgehead atoms. The molecule has 216 valence electrons. The smallest absolute Gasteiger partial charge is 0.335 e. The molecule has 2 aromatic heterocycles. The van der Waals surface area contributed by atoms with Crippen molar-refractivity contribution in [3.8, 4) is 5.69 Å². The lowest BCUT2D eigenvalue weighted by Crippen LogP contribution is -2.29. The maximum absolute atomic E-state index is 12.3. The molecule has 4 aromatic rings. The first-order chi connectivity index (χ1) is 20.0. The van der Waals surface area contributed by atoms with Crippen LogP contribution in [-0.2, 0) is 4.79 Å². The number of nitrogens with zero attached hydrogens (tertiary/aromatic N) is 3. The number of pyridine rings is 1. The highest BCUT2D eigenvalue weighted by molar-refractivity contribution is 7.80. The van der Waals surface area contributed by atoms with E-state index < -0.39 is 5.97 Å². The Morgan fingerprint density at radius 1 is 1.07 bits per heavy atom. The molecule has 0 spiro atoms. The molecule has 2 unspecified atom stereocenters. The van der Waals surface area contributed by atoms with Crippen molar-refractivity contribution in [2.45, 2.75) is 46.7 Å². The second kappa shape index (κ2) is 11.6. The number of halogens is 1. The van der Waals surface area contributed by atoms with Gasteiger partial charge in [0.05, 0.1) is 34.1 Å². The zero-order chi connectivity index (χ0) is 30.3. The first-order valence-electron chi connectivity index (χ1n) is 13.6. The zero-order valence-electron chi connectivity index (χ0n) is 24.0. The Morgan fingerprint density at radius 2 is 1.83 bits per heavy atom. The Labute approximate surface area is 255 Å². The van der Waals surface area contributed by atoms with E-state index in [0.717, 1.165) is 39.6 Å². The van der Waals surface area contributed by atoms with Crippen molar-refractivity contribution in [1.29, 1.82) is 0 Å². The number of hydrogen-bond donors (Lipinski definition) is 3. The lowest BCUT2D eigenvalue weighted by Gasteiger charge is -2.28. The van der Waals surface area contributed by atoms with E-state index >= 15 is 0 Å². The quantitative estimate of drug-likeness (QED) is 0.198. The third-order valence-electron chi connectivity index (χ3n) is 7.60. The maximum atomic E-state index is 12.3. The Bertz CT molecular complexity index is 1700. The number of carbonyl (C=O) groups excluding carboxylic acids is 1. The van der Waals surface area contributed by atoms with Gasteiger partial charge in [-0.3, -0.25) is 9.78 Å². The summed E-state index contributed by atoms with van der Waals surface area (Å²) in [4.78, 5) is 30.8. The van der Waals surface area contributed by atoms with E-state index in [-0.39, 0.29) is 29.5 Å². The average molecular weight is 602 g/mol. The molecule has 0 aliphatic carbocycles. The molecule has 3 N–H and O–H groups in total. The number of carboxylic acids is 1. The predicted octanol–water partition coefficient (Wildman–Crippen LogP) is 6.92. The Kier molecular flexibility index (Phi) is 8.08. The molecule has 1 saturated heterocycles. The van der Waals surface area contributed by atoms with Gasteiger partial charge in [-0.2, -0.15) is 0 Å². The molecule has 1 fully saturated rings. The Hall–Kier alpha value is -4.21. The van der Waals surface area contributed by atoms with Gasteiger partial charge in [0.15, 0.2) is 5.11 Å². The molecule has 8 nitrogen and oxygen atoms in total. The monoisotopic (exact) mass is 601 g/mol. The molecular formula is C32H32ClN5O3S. The predicted molar refractivity (Wildman–Crippen MR) is 170 cm³/mol. The SMILES string of the molecule is Cc1ccc(C(=O)O)cc1-n1c(C)cc(C2C(c3ccccn3)NC(=S)N2c2ccc(NC(=O)C(C)C)c(Cl)c2)c1C. The Morgan fingerprint density at radius 3 is 2.48 bits per heavy atom. The van der Waals surface area contributed by atoms with Gasteiger partial charge in [0.25, 0.3) is 0 Å². The highest BCUT2D eigenvalue weighted by atomic mass is 35.5. The second-order valence-corrected chi connectivity index (χ2v) is 11.6. The van der Waals surface area contributed by atoms with Gasteiger partial charge < -0.3 is 25.2 Å². The summed E-state index contributed by atoms with van der Waals surface area (Å²) in [6.45, 7) is 9.65. The number of nitrogens with one attached hydrogen (secondary N) is 2. The van der Waals surface area contributed by atoms with Gasteiger partial charge in [0, 0.05) is 34.9 Å². The normalized spacial score (nSPS) is 16.5. The van der Waals surface area contributed by atoms with E-state index in [2.05, 4.69) is 26.3 Å². The van der Waals surface area contributed by atoms with E-state index in [4.69, 9.17) is 23.8 Å². The number of aryl methyl sites for hydroxylation is 2. The summed E-state index contributed by atoms with van der Waals surface area (Å²) in [7, 11) is 0. The minimum atomic E-state index is -0.976. The third kappa shape index (κ3) is 5.37. The molecular weight excluding hydrogens is 570 g/mol. The van der Waals surface area contributed by atoms with Gasteiger partial charge in [-0.05, 0) is 92.6 Å². The molecule has 1 amide bonds. The zero-order valence-corrected chi connectivity index (χ0v) is 25.5. The largest absolute Gasteiger partial charge is 0.478 e. The number of carboxylic acid groups (broad SMARTS) is 1. The van der Waals surface area contributed by atoms with Crippen LogP contribution in [0.2, 0.25) is 5.02 Å². The summed E-state index contributed by atoms with van der Waals surface area (Å²) in [6, 6.07) is 17.9. The highest BCUT2D eigenvalue weighted by Gasteiger charge is 2.42. The number of thiocarbonyl (C=S) groups is 1. The summed E-state index contributed by atoms with van der Waals surface area (Å²) in [5.41, 5.74) is 7.01. The number of rotatable bonds is 7. The fourth-order valence-corrected chi connectivity index (χ4v) is 5.99. The standard InChI is InChI=1S/C32H32ClN5O3S/c1-17(2)30(39)35-25-12-11-22(16-24(25)33)38-29(28(36-32(38)42)26-8-6-7-13-34-26)23-14-19(4)37(20(23)5)27-15-21(31(40)41)10-9-18(27)3/h6-17,28-29H,1-5H3,(H,35,39)(H,36,42)(H,40,41). The molecule has 0 saturated carbocycles. The van der Waals surface area contributed by atoms with E-state index in [1.165, 1.54) is 0 Å². The minimum Gasteiger partial charge on any atom is -0.478 e. The van der Waals surface area contributed by atoms with E-state index in [1.807, 2.05) is 69.9 Å². The Balaban J connectivity index is 1.64. The van der Waals surface area contributed by atoms with Gasteiger partial charge in [-0.1, -0.05) is 37.6 Å². The van der Waals surface area contributed by atoms with E-state index in [0.29, 0.717) is 15.8 Å². The van der Waals surface area contributed by atoms with Gasteiger partial charge in [-0.15, -0.1) is 0 Å². The van der Waals surface area contributed by atoms with Gasteiger partial charge in [0.1, 0.15) is 0 Å². The van der Waals surface area contributed by atoms with Crippen LogP contribution < -0.4 is 15.5 Å². The molecule has 10 heteroatoms. The average Bonchev–Trinajstić information content (AvgIpc) is 3.45. The summed E-state index contributed by atoms with van der Waals surface area (Å²) in [6.07, 6.45) is 1.76. The number of aromatic carboxylic acids is 1. The molecule has 2 atom stereocenters. The molecule has 2 aromatic carbocycles. The molecule has 0 radical (unpaired) electrons. The van der Waals surface area contributed by atoms with Crippen molar-refractivity contribution in [2.24, 2.45) is 5.92 Å². The van der Waals surface area contributed by atoms with Crippen LogP contribution in [-0.4, -0.2) is 31.6 Å². The first kappa shape index (κ1) is 29.3. The van der Waals surface area contributed by atoms with Crippen molar-refractivity contribution in [2.75, 3.05) is 10.2 Å². The first-order valence-corrected chi connectivity index (χ1v) is 14.4. The number of anilines is 2. The summed E-state index contributed by atoms with van der Waals surface area (Å²) in [5.74, 6) is -1.28. The maximum Gasteiger partial charge on any atom is 0.335 e. The van der Waals surface area contributed by atoms with Gasteiger partial charge >= 0.3 is 5.97 Å². The van der Waals surface area contributed by atoms with E-state index in [9.17, 15) is 14.7 Å².